The van der Waals surface area contributed by atoms with Gasteiger partial charge in [0.15, 0.2) is 5.78 Å². The van der Waals surface area contributed by atoms with Gasteiger partial charge in [-0.05, 0) is 64.8 Å². The summed E-state index contributed by atoms with van der Waals surface area (Å²) in [4.78, 5) is 12.3. The van der Waals surface area contributed by atoms with E-state index in [0.717, 1.165) is 18.6 Å². The van der Waals surface area contributed by atoms with E-state index in [2.05, 4.69) is 45.3 Å². The van der Waals surface area contributed by atoms with Crippen molar-refractivity contribution in [2.24, 2.45) is 0 Å². The fraction of sp³-hybridized carbons (Fsp3) is 0.650. The first-order valence-corrected chi connectivity index (χ1v) is 9.29. The molecule has 0 aliphatic carbocycles. The molecule has 1 aromatic carbocycles. The second-order valence-corrected chi connectivity index (χ2v) is 6.81. The summed E-state index contributed by atoms with van der Waals surface area (Å²) in [5, 5.41) is 6.64. The number of hydrogen-bond donors (Lipinski definition) is 2. The molecule has 0 aromatic heterocycles. The van der Waals surface area contributed by atoms with Crippen LogP contribution in [0.3, 0.4) is 0 Å². The van der Waals surface area contributed by atoms with E-state index in [-0.39, 0.29) is 24.8 Å². The zero-order valence-electron chi connectivity index (χ0n) is 16.5. The lowest BCUT2D eigenvalue weighted by molar-refractivity contribution is 0.0232. The molecule has 0 radical (unpaired) electrons. The van der Waals surface area contributed by atoms with Crippen LogP contribution in [0.15, 0.2) is 24.3 Å². The summed E-state index contributed by atoms with van der Waals surface area (Å²) < 4.78 is 11.6. The van der Waals surface area contributed by atoms with E-state index in [0.29, 0.717) is 17.6 Å². The molecule has 1 rings (SSSR count). The first kappa shape index (κ1) is 21.6. The average Bonchev–Trinajstić information content (AvgIpc) is 2.57. The van der Waals surface area contributed by atoms with Crippen LogP contribution in [0.5, 0.6) is 5.75 Å². The number of carbonyl (C=O) groups excluding carboxylic acids is 1. The van der Waals surface area contributed by atoms with Gasteiger partial charge in [-0.1, -0.05) is 13.8 Å². The Hall–Kier alpha value is -1.43. The van der Waals surface area contributed by atoms with Gasteiger partial charge < -0.3 is 9.47 Å². The first-order valence-electron chi connectivity index (χ1n) is 9.29. The van der Waals surface area contributed by atoms with Crippen LogP contribution in [0.1, 0.15) is 64.7 Å². The molecule has 0 spiro atoms. The molecule has 1 aromatic rings. The van der Waals surface area contributed by atoms with E-state index in [1.54, 1.807) is 12.1 Å². The van der Waals surface area contributed by atoms with Crippen LogP contribution in [-0.2, 0) is 4.74 Å². The van der Waals surface area contributed by atoms with Crippen molar-refractivity contribution in [2.75, 3.05) is 6.61 Å². The largest absolute Gasteiger partial charge is 0.475 e. The standard InChI is InChI=1S/C20H34N2O3/c1-7-19(21-14(3)4)24-13-18(23)16-9-11-17(12-10-16)25-20(8-2)22-15(5)6/h9-12,14-15,19-22H,7-8,13H2,1-6H3. The van der Waals surface area contributed by atoms with Gasteiger partial charge in [0.25, 0.3) is 0 Å². The summed E-state index contributed by atoms with van der Waals surface area (Å²) in [5.41, 5.74) is 0.636. The van der Waals surface area contributed by atoms with Gasteiger partial charge in [-0.2, -0.15) is 0 Å². The Morgan fingerprint density at radius 1 is 0.920 bits per heavy atom. The van der Waals surface area contributed by atoms with Gasteiger partial charge in [-0.25, -0.2) is 0 Å². The van der Waals surface area contributed by atoms with Crippen LogP contribution in [0.2, 0.25) is 0 Å². The minimum absolute atomic E-state index is 0.0251. The van der Waals surface area contributed by atoms with E-state index in [9.17, 15) is 4.79 Å². The lowest BCUT2D eigenvalue weighted by Gasteiger charge is -2.21. The van der Waals surface area contributed by atoms with Crippen LogP contribution in [-0.4, -0.2) is 36.9 Å². The van der Waals surface area contributed by atoms with Gasteiger partial charge in [0, 0.05) is 17.6 Å². The number of carbonyl (C=O) groups is 1. The van der Waals surface area contributed by atoms with Crippen LogP contribution < -0.4 is 15.4 Å². The Balaban J connectivity index is 2.55. The zero-order valence-corrected chi connectivity index (χ0v) is 16.5. The Morgan fingerprint density at radius 3 is 1.92 bits per heavy atom. The second kappa shape index (κ2) is 11.2. The van der Waals surface area contributed by atoms with Crippen molar-refractivity contribution in [3.05, 3.63) is 29.8 Å². The van der Waals surface area contributed by atoms with E-state index >= 15 is 0 Å². The molecule has 0 aliphatic heterocycles. The van der Waals surface area contributed by atoms with Crippen molar-refractivity contribution in [3.8, 4) is 5.75 Å². The molecule has 5 heteroatoms. The molecule has 0 heterocycles. The summed E-state index contributed by atoms with van der Waals surface area (Å²) >= 11 is 0. The van der Waals surface area contributed by atoms with E-state index in [1.807, 2.05) is 19.1 Å². The maximum atomic E-state index is 12.3. The number of hydrogen-bond acceptors (Lipinski definition) is 5. The predicted molar refractivity (Wildman–Crippen MR) is 102 cm³/mol. The van der Waals surface area contributed by atoms with Crippen LogP contribution in [0.25, 0.3) is 0 Å². The molecule has 2 atom stereocenters. The van der Waals surface area contributed by atoms with Crippen molar-refractivity contribution >= 4 is 5.78 Å². The lowest BCUT2D eigenvalue weighted by Crippen LogP contribution is -2.38. The molecule has 142 valence electrons. The number of benzene rings is 1. The maximum Gasteiger partial charge on any atom is 0.188 e. The van der Waals surface area contributed by atoms with Crippen LogP contribution in [0.4, 0.5) is 0 Å². The highest BCUT2D eigenvalue weighted by Crippen LogP contribution is 2.15. The topological polar surface area (TPSA) is 59.6 Å². The lowest BCUT2D eigenvalue weighted by atomic mass is 10.1. The fourth-order valence-electron chi connectivity index (χ4n) is 2.41. The SMILES string of the molecule is CCC(NC(C)C)OCC(=O)c1ccc(OC(CC)NC(C)C)cc1. The number of ketones is 1. The number of ether oxygens (including phenoxy) is 2. The van der Waals surface area contributed by atoms with Crippen molar-refractivity contribution < 1.29 is 14.3 Å². The molecule has 0 amide bonds. The maximum absolute atomic E-state index is 12.3. The highest BCUT2D eigenvalue weighted by molar-refractivity contribution is 5.97. The molecule has 25 heavy (non-hydrogen) atoms. The molecule has 0 saturated heterocycles. The summed E-state index contributed by atoms with van der Waals surface area (Å²) in [7, 11) is 0. The summed E-state index contributed by atoms with van der Waals surface area (Å²) in [6, 6.07) is 7.93. The molecule has 0 fully saturated rings. The molecule has 5 nitrogen and oxygen atoms in total. The minimum Gasteiger partial charge on any atom is -0.475 e. The van der Waals surface area contributed by atoms with Crippen LogP contribution >= 0.6 is 0 Å². The van der Waals surface area contributed by atoms with Crippen molar-refractivity contribution in [1.82, 2.24) is 10.6 Å². The minimum atomic E-state index is -0.0982. The van der Waals surface area contributed by atoms with Gasteiger partial charge in [-0.3, -0.25) is 15.4 Å². The van der Waals surface area contributed by atoms with Gasteiger partial charge >= 0.3 is 0 Å². The quantitative estimate of drug-likeness (QED) is 0.444. The summed E-state index contributed by atoms with van der Waals surface area (Å²) in [6.07, 6.45) is 1.56. The monoisotopic (exact) mass is 350 g/mol. The third-order valence-electron chi connectivity index (χ3n) is 3.65. The van der Waals surface area contributed by atoms with Crippen LogP contribution in [0, 0.1) is 0 Å². The van der Waals surface area contributed by atoms with Gasteiger partial charge in [0.05, 0.1) is 0 Å². The highest BCUT2D eigenvalue weighted by Gasteiger charge is 2.13. The number of Topliss-reactive ketones (excluding diaryl/α,β-unsaturated/α-hetero) is 1. The molecule has 2 unspecified atom stereocenters. The van der Waals surface area contributed by atoms with E-state index < -0.39 is 0 Å². The zero-order chi connectivity index (χ0) is 18.8. The third-order valence-corrected chi connectivity index (χ3v) is 3.65. The molecular weight excluding hydrogens is 316 g/mol. The van der Waals surface area contributed by atoms with Gasteiger partial charge in [0.2, 0.25) is 0 Å². The normalized spacial score (nSPS) is 13.9. The van der Waals surface area contributed by atoms with Gasteiger partial charge in [0.1, 0.15) is 24.8 Å². The molecule has 0 saturated carbocycles. The molecule has 0 aliphatic rings. The van der Waals surface area contributed by atoms with E-state index in [4.69, 9.17) is 9.47 Å². The summed E-state index contributed by atoms with van der Waals surface area (Å²) in [6.45, 7) is 12.5. The smallest absolute Gasteiger partial charge is 0.188 e. The number of rotatable bonds is 12. The van der Waals surface area contributed by atoms with Crippen molar-refractivity contribution in [3.63, 3.8) is 0 Å². The summed E-state index contributed by atoms with van der Waals surface area (Å²) in [5.74, 6) is 0.730. The second-order valence-electron chi connectivity index (χ2n) is 6.81. The average molecular weight is 351 g/mol. The number of nitrogens with one attached hydrogen (secondary N) is 2. The van der Waals surface area contributed by atoms with E-state index in [1.165, 1.54) is 0 Å². The molecular formula is C20H34N2O3. The Kier molecular flexibility index (Phi) is 9.71. The molecule has 0 bridgehead atoms. The van der Waals surface area contributed by atoms with Gasteiger partial charge in [-0.15, -0.1) is 0 Å². The Morgan fingerprint density at radius 2 is 1.44 bits per heavy atom. The molecule has 2 N–H and O–H groups in total. The Labute approximate surface area is 152 Å². The predicted octanol–water partition coefficient (Wildman–Crippen LogP) is 3.73. The first-order chi connectivity index (χ1) is 11.8. The van der Waals surface area contributed by atoms with Crippen molar-refractivity contribution in [1.29, 1.82) is 0 Å². The van der Waals surface area contributed by atoms with Crippen molar-refractivity contribution in [2.45, 2.75) is 78.9 Å². The third kappa shape index (κ3) is 8.47. The highest BCUT2D eigenvalue weighted by atomic mass is 16.5. The fourth-order valence-corrected chi connectivity index (χ4v) is 2.41. The Bertz CT molecular complexity index is 500.